The first-order valence-electron chi connectivity index (χ1n) is 6.09. The number of carboxylic acid groups (broad SMARTS) is 1. The zero-order valence-corrected chi connectivity index (χ0v) is 11.3. The van der Waals surface area contributed by atoms with Crippen LogP contribution < -0.4 is 10.3 Å². The fraction of sp³-hybridized carbons (Fsp3) is 0.200. The highest BCUT2D eigenvalue weighted by atomic mass is 16.5. The second kappa shape index (κ2) is 5.61. The number of hydrogen-bond donors (Lipinski definition) is 1. The summed E-state index contributed by atoms with van der Waals surface area (Å²) in [6.45, 7) is 2.07. The standard InChI is InChI=1S/C15H15NO4/c1-10-4-3-7-16(14(10)17)9-11-5-6-13(20-2)12(8-11)15(18)19/h3-8H,9H2,1-2H3,(H,18,19). The van der Waals surface area contributed by atoms with E-state index >= 15 is 0 Å². The smallest absolute Gasteiger partial charge is 0.339 e. The van der Waals surface area contributed by atoms with Gasteiger partial charge in [-0.15, -0.1) is 0 Å². The maximum Gasteiger partial charge on any atom is 0.339 e. The van der Waals surface area contributed by atoms with E-state index in [0.717, 1.165) is 5.56 Å². The summed E-state index contributed by atoms with van der Waals surface area (Å²) >= 11 is 0. The van der Waals surface area contributed by atoms with Gasteiger partial charge in [-0.25, -0.2) is 4.79 Å². The second-order valence-electron chi connectivity index (χ2n) is 4.46. The van der Waals surface area contributed by atoms with Gasteiger partial charge in [-0.3, -0.25) is 4.79 Å². The first kappa shape index (κ1) is 13.9. The summed E-state index contributed by atoms with van der Waals surface area (Å²) in [5.41, 5.74) is 1.39. The first-order chi connectivity index (χ1) is 9.52. The van der Waals surface area contributed by atoms with Gasteiger partial charge >= 0.3 is 5.97 Å². The van der Waals surface area contributed by atoms with Crippen molar-refractivity contribution >= 4 is 5.97 Å². The summed E-state index contributed by atoms with van der Waals surface area (Å²) in [7, 11) is 1.42. The van der Waals surface area contributed by atoms with Crippen molar-refractivity contribution in [1.29, 1.82) is 0 Å². The largest absolute Gasteiger partial charge is 0.496 e. The normalized spacial score (nSPS) is 10.3. The molecule has 5 heteroatoms. The zero-order chi connectivity index (χ0) is 14.7. The topological polar surface area (TPSA) is 68.5 Å². The lowest BCUT2D eigenvalue weighted by Gasteiger charge is -2.10. The fourth-order valence-electron chi connectivity index (χ4n) is 2.00. The number of benzene rings is 1. The molecule has 0 amide bonds. The third kappa shape index (κ3) is 2.71. The highest BCUT2D eigenvalue weighted by molar-refractivity contribution is 5.91. The molecule has 0 bridgehead atoms. The molecule has 0 saturated carbocycles. The molecule has 5 nitrogen and oxygen atoms in total. The minimum atomic E-state index is -1.06. The van der Waals surface area contributed by atoms with Crippen LogP contribution in [0.15, 0.2) is 41.3 Å². The van der Waals surface area contributed by atoms with Crippen LogP contribution in [0.25, 0.3) is 0 Å². The molecule has 0 unspecified atom stereocenters. The van der Waals surface area contributed by atoms with Crippen LogP contribution >= 0.6 is 0 Å². The van der Waals surface area contributed by atoms with Crippen molar-refractivity contribution in [2.75, 3.05) is 7.11 Å². The Morgan fingerprint density at radius 3 is 2.75 bits per heavy atom. The van der Waals surface area contributed by atoms with Crippen molar-refractivity contribution in [3.63, 3.8) is 0 Å². The molecule has 1 aromatic heterocycles. The molecular weight excluding hydrogens is 258 g/mol. The van der Waals surface area contributed by atoms with Crippen LogP contribution in [-0.4, -0.2) is 22.8 Å². The number of hydrogen-bond acceptors (Lipinski definition) is 3. The van der Waals surface area contributed by atoms with Crippen LogP contribution in [0.4, 0.5) is 0 Å². The minimum absolute atomic E-state index is 0.0832. The highest BCUT2D eigenvalue weighted by Crippen LogP contribution is 2.20. The summed E-state index contributed by atoms with van der Waals surface area (Å²) in [6, 6.07) is 8.41. The van der Waals surface area contributed by atoms with Crippen LogP contribution in [0.2, 0.25) is 0 Å². The fourth-order valence-corrected chi connectivity index (χ4v) is 2.00. The predicted molar refractivity (Wildman–Crippen MR) is 74.5 cm³/mol. The number of aryl methyl sites for hydroxylation is 1. The first-order valence-corrected chi connectivity index (χ1v) is 6.09. The molecule has 20 heavy (non-hydrogen) atoms. The van der Waals surface area contributed by atoms with Gasteiger partial charge in [0.15, 0.2) is 0 Å². The molecule has 0 atom stereocenters. The molecule has 0 saturated heterocycles. The Morgan fingerprint density at radius 1 is 1.35 bits per heavy atom. The van der Waals surface area contributed by atoms with Gasteiger partial charge in [0.05, 0.1) is 13.7 Å². The summed E-state index contributed by atoms with van der Waals surface area (Å²) in [5.74, 6) is -0.752. The summed E-state index contributed by atoms with van der Waals surface area (Å²) in [6.07, 6.45) is 1.68. The van der Waals surface area contributed by atoms with Gasteiger partial charge in [-0.1, -0.05) is 12.1 Å². The third-order valence-corrected chi connectivity index (χ3v) is 3.06. The van der Waals surface area contributed by atoms with Crippen LogP contribution in [0.5, 0.6) is 5.75 Å². The molecule has 0 fully saturated rings. The molecule has 1 heterocycles. The Bertz CT molecular complexity index is 703. The van der Waals surface area contributed by atoms with E-state index in [4.69, 9.17) is 9.84 Å². The van der Waals surface area contributed by atoms with Crippen molar-refractivity contribution < 1.29 is 14.6 Å². The molecule has 104 valence electrons. The summed E-state index contributed by atoms with van der Waals surface area (Å²) < 4.78 is 6.55. The van der Waals surface area contributed by atoms with E-state index in [1.54, 1.807) is 42.0 Å². The van der Waals surface area contributed by atoms with E-state index in [9.17, 15) is 9.59 Å². The molecule has 0 radical (unpaired) electrons. The lowest BCUT2D eigenvalue weighted by molar-refractivity contribution is 0.0693. The number of carbonyl (C=O) groups is 1. The second-order valence-corrected chi connectivity index (χ2v) is 4.46. The van der Waals surface area contributed by atoms with Gasteiger partial charge in [0, 0.05) is 11.8 Å². The Hall–Kier alpha value is -2.56. The average molecular weight is 273 g/mol. The number of ether oxygens (including phenoxy) is 1. The molecule has 2 rings (SSSR count). The number of pyridine rings is 1. The SMILES string of the molecule is COc1ccc(Cn2cccc(C)c2=O)cc1C(=O)O. The molecular formula is C15H15NO4. The highest BCUT2D eigenvalue weighted by Gasteiger charge is 2.12. The van der Waals surface area contributed by atoms with Gasteiger partial charge < -0.3 is 14.4 Å². The molecule has 0 spiro atoms. The summed E-state index contributed by atoms with van der Waals surface area (Å²) in [4.78, 5) is 23.1. The van der Waals surface area contributed by atoms with Gasteiger partial charge in [0.1, 0.15) is 11.3 Å². The van der Waals surface area contributed by atoms with E-state index in [-0.39, 0.29) is 11.1 Å². The van der Waals surface area contributed by atoms with Crippen molar-refractivity contribution in [2.45, 2.75) is 13.5 Å². The molecule has 0 aliphatic heterocycles. The number of carboxylic acids is 1. The van der Waals surface area contributed by atoms with Gasteiger partial charge in [0.2, 0.25) is 0 Å². The predicted octanol–water partition coefficient (Wildman–Crippen LogP) is 1.91. The number of rotatable bonds is 4. The summed E-state index contributed by atoms with van der Waals surface area (Å²) in [5, 5.41) is 9.14. The Kier molecular flexibility index (Phi) is 3.89. The molecule has 0 aliphatic carbocycles. The van der Waals surface area contributed by atoms with E-state index in [1.807, 2.05) is 0 Å². The zero-order valence-electron chi connectivity index (χ0n) is 11.3. The van der Waals surface area contributed by atoms with Crippen LogP contribution in [0.1, 0.15) is 21.5 Å². The maximum absolute atomic E-state index is 11.9. The van der Waals surface area contributed by atoms with Crippen molar-refractivity contribution in [1.82, 2.24) is 4.57 Å². The third-order valence-electron chi connectivity index (χ3n) is 3.06. The van der Waals surface area contributed by atoms with E-state index in [0.29, 0.717) is 17.9 Å². The molecule has 2 aromatic rings. The van der Waals surface area contributed by atoms with Crippen LogP contribution in [0.3, 0.4) is 0 Å². The quantitative estimate of drug-likeness (QED) is 0.924. The lowest BCUT2D eigenvalue weighted by Crippen LogP contribution is -2.21. The average Bonchev–Trinajstić information content (AvgIpc) is 2.43. The van der Waals surface area contributed by atoms with Crippen molar-refractivity contribution in [3.05, 3.63) is 63.6 Å². The lowest BCUT2D eigenvalue weighted by atomic mass is 10.1. The van der Waals surface area contributed by atoms with Crippen molar-refractivity contribution in [3.8, 4) is 5.75 Å². The van der Waals surface area contributed by atoms with Gasteiger partial charge in [-0.05, 0) is 30.7 Å². The maximum atomic E-state index is 11.9. The van der Waals surface area contributed by atoms with Crippen LogP contribution in [0, 0.1) is 6.92 Å². The monoisotopic (exact) mass is 273 g/mol. The Labute approximate surface area is 116 Å². The number of aromatic nitrogens is 1. The van der Waals surface area contributed by atoms with Crippen molar-refractivity contribution in [2.24, 2.45) is 0 Å². The Morgan fingerprint density at radius 2 is 2.10 bits per heavy atom. The number of nitrogens with zero attached hydrogens (tertiary/aromatic N) is 1. The van der Waals surface area contributed by atoms with E-state index in [1.165, 1.54) is 13.2 Å². The van der Waals surface area contributed by atoms with E-state index in [2.05, 4.69) is 0 Å². The van der Waals surface area contributed by atoms with Crippen LogP contribution in [-0.2, 0) is 6.54 Å². The minimum Gasteiger partial charge on any atom is -0.496 e. The van der Waals surface area contributed by atoms with Gasteiger partial charge in [0.25, 0.3) is 5.56 Å². The Balaban J connectivity index is 2.39. The molecule has 1 aromatic carbocycles. The number of methoxy groups -OCH3 is 1. The van der Waals surface area contributed by atoms with E-state index < -0.39 is 5.97 Å². The van der Waals surface area contributed by atoms with Gasteiger partial charge in [-0.2, -0.15) is 0 Å². The molecule has 1 N–H and O–H groups in total. The number of aromatic carboxylic acids is 1. The molecule has 0 aliphatic rings.